The fraction of sp³-hybridized carbons (Fsp3) is 0.125. The molecule has 1 aliphatic rings. The first-order valence-corrected chi connectivity index (χ1v) is 6.60. The van der Waals surface area contributed by atoms with Gasteiger partial charge >= 0.3 is 0 Å². The maximum absolute atomic E-state index is 12.3. The maximum Gasteiger partial charge on any atom is 0.261 e. The summed E-state index contributed by atoms with van der Waals surface area (Å²) in [6.45, 7) is 0. The Hall–Kier alpha value is -3.02. The van der Waals surface area contributed by atoms with Crippen molar-refractivity contribution in [1.29, 1.82) is 0 Å². The van der Waals surface area contributed by atoms with Gasteiger partial charge in [0.2, 0.25) is 0 Å². The van der Waals surface area contributed by atoms with Crippen LogP contribution in [-0.4, -0.2) is 43.0 Å². The third-order valence-electron chi connectivity index (χ3n) is 3.86. The van der Waals surface area contributed by atoms with Gasteiger partial charge in [-0.15, -0.1) is 0 Å². The second-order valence-corrected chi connectivity index (χ2v) is 4.98. The highest BCUT2D eigenvalue weighted by atomic mass is 16.2. The zero-order valence-corrected chi connectivity index (χ0v) is 12.0. The quantitative estimate of drug-likeness (QED) is 0.667. The number of nitrogens with one attached hydrogen (secondary N) is 1. The predicted octanol–water partition coefficient (Wildman–Crippen LogP) is 1.24. The molecule has 6 nitrogen and oxygen atoms in total. The summed E-state index contributed by atoms with van der Waals surface area (Å²) >= 11 is 0. The number of carbonyl (C=O) groups is 4. The molecule has 1 heterocycles. The molecule has 22 heavy (non-hydrogen) atoms. The average molecular weight is 296 g/mol. The highest BCUT2D eigenvalue weighted by Gasteiger charge is 2.32. The monoisotopic (exact) mass is 296 g/mol. The second-order valence-electron chi connectivity index (χ2n) is 4.98. The number of nitrogens with zero attached hydrogens (tertiary/aromatic N) is 1. The van der Waals surface area contributed by atoms with Crippen molar-refractivity contribution in [3.63, 3.8) is 0 Å². The fourth-order valence-corrected chi connectivity index (χ4v) is 2.75. The summed E-state index contributed by atoms with van der Waals surface area (Å²) in [7, 11) is 2.88. The number of imide groups is 1. The van der Waals surface area contributed by atoms with Gasteiger partial charge in [-0.1, -0.05) is 6.07 Å². The van der Waals surface area contributed by atoms with E-state index in [1.807, 2.05) is 0 Å². The van der Waals surface area contributed by atoms with E-state index in [1.165, 1.54) is 38.4 Å². The van der Waals surface area contributed by atoms with Gasteiger partial charge in [-0.25, -0.2) is 0 Å². The van der Waals surface area contributed by atoms with Crippen LogP contribution in [0.5, 0.6) is 0 Å². The third kappa shape index (κ3) is 1.67. The zero-order chi connectivity index (χ0) is 16.0. The van der Waals surface area contributed by atoms with E-state index in [0.29, 0.717) is 28.2 Å². The van der Waals surface area contributed by atoms with Crippen LogP contribution in [-0.2, 0) is 0 Å². The normalized spacial score (nSPS) is 13.5. The molecular formula is C16H12N2O4. The topological polar surface area (TPSA) is 83.6 Å². The molecule has 0 unspecified atom stereocenters. The van der Waals surface area contributed by atoms with Gasteiger partial charge in [-0.2, -0.15) is 0 Å². The highest BCUT2D eigenvalue weighted by molar-refractivity contribution is 6.29. The molecule has 110 valence electrons. The van der Waals surface area contributed by atoms with E-state index in [4.69, 9.17) is 0 Å². The van der Waals surface area contributed by atoms with Crippen molar-refractivity contribution in [1.82, 2.24) is 10.2 Å². The Labute approximate surface area is 125 Å². The molecular weight excluding hydrogens is 284 g/mol. The molecule has 0 saturated carbocycles. The molecule has 0 atom stereocenters. The second kappa shape index (κ2) is 4.77. The van der Waals surface area contributed by atoms with Crippen molar-refractivity contribution >= 4 is 34.8 Å². The van der Waals surface area contributed by atoms with E-state index in [0.717, 1.165) is 4.90 Å². The molecule has 1 N–H and O–H groups in total. The number of hydrogen-bond acceptors (Lipinski definition) is 4. The van der Waals surface area contributed by atoms with Crippen LogP contribution in [0.1, 0.15) is 41.4 Å². The van der Waals surface area contributed by atoms with Gasteiger partial charge in [0.25, 0.3) is 17.7 Å². The molecule has 0 radical (unpaired) electrons. The fourth-order valence-electron chi connectivity index (χ4n) is 2.75. The molecule has 0 bridgehead atoms. The molecule has 0 fully saturated rings. The van der Waals surface area contributed by atoms with E-state index < -0.39 is 11.8 Å². The SMILES string of the molecule is CNC(=O)c1ccc2c3c(ccc(C=O)c13)C(=O)N(C)C2=O. The lowest BCUT2D eigenvalue weighted by molar-refractivity contribution is 0.0649. The number of aldehydes is 1. The van der Waals surface area contributed by atoms with Crippen LogP contribution < -0.4 is 5.32 Å². The molecule has 0 aliphatic carbocycles. The summed E-state index contributed by atoms with van der Waals surface area (Å²) < 4.78 is 0. The van der Waals surface area contributed by atoms with Gasteiger partial charge in [0.15, 0.2) is 6.29 Å². The summed E-state index contributed by atoms with van der Waals surface area (Å²) in [6.07, 6.45) is 0.614. The van der Waals surface area contributed by atoms with E-state index in [1.54, 1.807) is 0 Å². The van der Waals surface area contributed by atoms with Crippen LogP contribution in [0.15, 0.2) is 24.3 Å². The van der Waals surface area contributed by atoms with Crippen LogP contribution >= 0.6 is 0 Å². The van der Waals surface area contributed by atoms with E-state index in [9.17, 15) is 19.2 Å². The number of hydrogen-bond donors (Lipinski definition) is 1. The number of benzene rings is 2. The summed E-state index contributed by atoms with van der Waals surface area (Å²) in [4.78, 5) is 49.0. The lowest BCUT2D eigenvalue weighted by Crippen LogP contribution is -2.37. The van der Waals surface area contributed by atoms with Crippen LogP contribution in [0, 0.1) is 0 Å². The van der Waals surface area contributed by atoms with Gasteiger partial charge in [0.05, 0.1) is 0 Å². The Kier molecular flexibility index (Phi) is 3.02. The molecule has 6 heteroatoms. The standard InChI is InChI=1S/C16H12N2O4/c1-17-14(20)9-5-6-11-13-10(15(21)18(2)16(11)22)4-3-8(7-19)12(9)13/h3-7H,1-2H3,(H,17,20). The van der Waals surface area contributed by atoms with Crippen LogP contribution in [0.3, 0.4) is 0 Å². The molecule has 0 saturated heterocycles. The Balaban J connectivity index is 2.53. The summed E-state index contributed by atoms with van der Waals surface area (Å²) in [5, 5.41) is 3.19. The van der Waals surface area contributed by atoms with E-state index in [2.05, 4.69) is 5.32 Å². The molecule has 2 aromatic rings. The first-order valence-electron chi connectivity index (χ1n) is 6.60. The van der Waals surface area contributed by atoms with Crippen molar-refractivity contribution in [2.24, 2.45) is 0 Å². The van der Waals surface area contributed by atoms with Crippen molar-refractivity contribution in [3.05, 3.63) is 46.5 Å². The van der Waals surface area contributed by atoms with Crippen molar-refractivity contribution in [2.75, 3.05) is 14.1 Å². The van der Waals surface area contributed by atoms with Gasteiger partial charge in [-0.05, 0) is 18.2 Å². The lowest BCUT2D eigenvalue weighted by Gasteiger charge is -2.25. The average Bonchev–Trinajstić information content (AvgIpc) is 2.56. The largest absolute Gasteiger partial charge is 0.355 e. The van der Waals surface area contributed by atoms with Crippen molar-refractivity contribution in [2.45, 2.75) is 0 Å². The highest BCUT2D eigenvalue weighted by Crippen LogP contribution is 2.33. The lowest BCUT2D eigenvalue weighted by atomic mass is 9.88. The maximum atomic E-state index is 12.3. The molecule has 1 aliphatic heterocycles. The van der Waals surface area contributed by atoms with Gasteiger partial charge in [0, 0.05) is 47.1 Å². The van der Waals surface area contributed by atoms with E-state index >= 15 is 0 Å². The van der Waals surface area contributed by atoms with Crippen LogP contribution in [0.25, 0.3) is 10.8 Å². The van der Waals surface area contributed by atoms with Crippen LogP contribution in [0.4, 0.5) is 0 Å². The van der Waals surface area contributed by atoms with Gasteiger partial charge in [-0.3, -0.25) is 24.1 Å². The Morgan fingerprint density at radius 3 is 2.18 bits per heavy atom. The first kappa shape index (κ1) is 13.9. The molecule has 0 spiro atoms. The summed E-state index contributed by atoms with van der Waals surface area (Å²) in [6, 6.07) is 6.00. The van der Waals surface area contributed by atoms with E-state index in [-0.39, 0.29) is 17.0 Å². The Morgan fingerprint density at radius 1 is 1.05 bits per heavy atom. The minimum absolute atomic E-state index is 0.260. The summed E-state index contributed by atoms with van der Waals surface area (Å²) in [5.74, 6) is -1.28. The zero-order valence-electron chi connectivity index (χ0n) is 12.0. The van der Waals surface area contributed by atoms with Crippen LogP contribution in [0.2, 0.25) is 0 Å². The first-order chi connectivity index (χ1) is 10.5. The third-order valence-corrected chi connectivity index (χ3v) is 3.86. The van der Waals surface area contributed by atoms with Crippen molar-refractivity contribution < 1.29 is 19.2 Å². The number of rotatable bonds is 2. The molecule has 0 aromatic heterocycles. The predicted molar refractivity (Wildman–Crippen MR) is 79.1 cm³/mol. The summed E-state index contributed by atoms with van der Waals surface area (Å²) in [5.41, 5.74) is 1.15. The van der Waals surface area contributed by atoms with Gasteiger partial charge < -0.3 is 5.32 Å². The molecule has 2 aromatic carbocycles. The smallest absolute Gasteiger partial charge is 0.261 e. The molecule has 3 amide bonds. The number of amides is 3. The minimum Gasteiger partial charge on any atom is -0.355 e. The number of carbonyl (C=O) groups excluding carboxylic acids is 4. The Morgan fingerprint density at radius 2 is 1.64 bits per heavy atom. The minimum atomic E-state index is -0.450. The van der Waals surface area contributed by atoms with Gasteiger partial charge in [0.1, 0.15) is 0 Å². The van der Waals surface area contributed by atoms with Crippen molar-refractivity contribution in [3.8, 4) is 0 Å². The molecule has 3 rings (SSSR count). The Bertz CT molecular complexity index is 831.